The molecule has 0 bridgehead atoms. The second-order valence-corrected chi connectivity index (χ2v) is 8.94. The van der Waals surface area contributed by atoms with E-state index in [4.69, 9.17) is 9.72 Å². The first kappa shape index (κ1) is 17.9. The van der Waals surface area contributed by atoms with Crippen molar-refractivity contribution in [1.82, 2.24) is 10.3 Å². The number of ether oxygens (including phenoxy) is 1. The zero-order valence-corrected chi connectivity index (χ0v) is 16.4. The first-order chi connectivity index (χ1) is 14.5. The van der Waals surface area contributed by atoms with Gasteiger partial charge in [-0.3, -0.25) is 14.7 Å². The fraction of sp³-hybridized carbons (Fsp3) is 0.435. The summed E-state index contributed by atoms with van der Waals surface area (Å²) in [5.74, 6) is 0.225. The Hall–Kier alpha value is -2.96. The van der Waals surface area contributed by atoms with Gasteiger partial charge in [0.25, 0.3) is 5.91 Å². The van der Waals surface area contributed by atoms with Crippen molar-refractivity contribution in [2.24, 2.45) is 5.92 Å². The minimum absolute atomic E-state index is 0.0708. The first-order valence-electron chi connectivity index (χ1n) is 10.6. The fourth-order valence-electron chi connectivity index (χ4n) is 4.38. The number of fused-ring (bicyclic) bond motifs is 3. The fourth-order valence-corrected chi connectivity index (χ4v) is 4.38. The lowest BCUT2D eigenvalue weighted by atomic mass is 10.0. The third-order valence-electron chi connectivity index (χ3n) is 6.60. The van der Waals surface area contributed by atoms with Crippen LogP contribution in [0.15, 0.2) is 36.4 Å². The van der Waals surface area contributed by atoms with Crippen LogP contribution in [0, 0.1) is 11.7 Å². The summed E-state index contributed by atoms with van der Waals surface area (Å²) >= 11 is 0. The summed E-state index contributed by atoms with van der Waals surface area (Å²) < 4.78 is 18.7. The maximum Gasteiger partial charge on any atom is 0.414 e. The molecular formula is C23H22FN3O3. The molecule has 1 aliphatic heterocycles. The highest BCUT2D eigenvalue weighted by atomic mass is 19.1. The van der Waals surface area contributed by atoms with Crippen molar-refractivity contribution >= 4 is 17.7 Å². The molecule has 1 aromatic heterocycles. The molecule has 6 nitrogen and oxygen atoms in total. The number of hydrogen-bond acceptors (Lipinski definition) is 4. The topological polar surface area (TPSA) is 71.5 Å². The lowest BCUT2D eigenvalue weighted by Crippen LogP contribution is -2.38. The van der Waals surface area contributed by atoms with Crippen LogP contribution in [0.25, 0.3) is 0 Å². The van der Waals surface area contributed by atoms with Crippen LogP contribution >= 0.6 is 0 Å². The van der Waals surface area contributed by atoms with Gasteiger partial charge in [0.2, 0.25) is 0 Å². The Kier molecular flexibility index (Phi) is 3.73. The van der Waals surface area contributed by atoms with Crippen LogP contribution in [0.5, 0.6) is 0 Å². The number of amides is 2. The van der Waals surface area contributed by atoms with E-state index in [9.17, 15) is 14.0 Å². The largest absolute Gasteiger partial charge is 0.446 e. The van der Waals surface area contributed by atoms with Crippen LogP contribution in [0.2, 0.25) is 0 Å². The van der Waals surface area contributed by atoms with Gasteiger partial charge in [-0.1, -0.05) is 0 Å². The predicted octanol–water partition coefficient (Wildman–Crippen LogP) is 3.86. The molecule has 0 saturated heterocycles. The number of rotatable bonds is 4. The molecule has 2 heterocycles. The normalized spacial score (nSPS) is 25.0. The molecule has 0 radical (unpaired) electrons. The molecule has 7 heteroatoms. The van der Waals surface area contributed by atoms with Crippen molar-refractivity contribution in [3.8, 4) is 0 Å². The molecule has 1 N–H and O–H groups in total. The van der Waals surface area contributed by atoms with Gasteiger partial charge in [0, 0.05) is 18.0 Å². The van der Waals surface area contributed by atoms with Gasteiger partial charge in [-0.05, 0) is 74.4 Å². The van der Waals surface area contributed by atoms with E-state index in [-0.39, 0.29) is 23.9 Å². The van der Waals surface area contributed by atoms with Crippen LogP contribution in [-0.2, 0) is 10.3 Å². The van der Waals surface area contributed by atoms with Crippen molar-refractivity contribution in [3.05, 3.63) is 59.2 Å². The summed E-state index contributed by atoms with van der Waals surface area (Å²) in [6.45, 7) is 0.691. The number of benzene rings is 1. The van der Waals surface area contributed by atoms with Gasteiger partial charge < -0.3 is 10.1 Å². The van der Waals surface area contributed by atoms with Gasteiger partial charge in [0.1, 0.15) is 11.9 Å². The molecule has 30 heavy (non-hydrogen) atoms. The summed E-state index contributed by atoms with van der Waals surface area (Å²) in [6.07, 6.45) is 4.36. The number of nitrogens with one attached hydrogen (secondary N) is 1. The molecule has 1 unspecified atom stereocenters. The van der Waals surface area contributed by atoms with Crippen LogP contribution in [0.4, 0.5) is 14.9 Å². The van der Waals surface area contributed by atoms with Crippen LogP contribution in [0.3, 0.4) is 0 Å². The quantitative estimate of drug-likeness (QED) is 0.835. The number of halogens is 1. The summed E-state index contributed by atoms with van der Waals surface area (Å²) in [5.41, 5.74) is 2.56. The molecule has 4 aliphatic rings. The lowest BCUT2D eigenvalue weighted by molar-refractivity contribution is 0.0929. The van der Waals surface area contributed by atoms with E-state index >= 15 is 0 Å². The highest BCUT2D eigenvalue weighted by Gasteiger charge is 2.51. The van der Waals surface area contributed by atoms with Crippen molar-refractivity contribution in [2.75, 3.05) is 11.4 Å². The Balaban J connectivity index is 1.26. The van der Waals surface area contributed by atoms with E-state index < -0.39 is 5.54 Å². The van der Waals surface area contributed by atoms with Crippen molar-refractivity contribution in [1.29, 1.82) is 0 Å². The number of hydrogen-bond donors (Lipinski definition) is 1. The van der Waals surface area contributed by atoms with Gasteiger partial charge in [-0.15, -0.1) is 0 Å². The number of pyridine rings is 1. The Labute approximate surface area is 173 Å². The van der Waals surface area contributed by atoms with Crippen LogP contribution < -0.4 is 10.2 Å². The summed E-state index contributed by atoms with van der Waals surface area (Å²) in [4.78, 5) is 31.9. The number of carbonyl (C=O) groups is 2. The van der Waals surface area contributed by atoms with E-state index in [2.05, 4.69) is 5.32 Å². The molecular weight excluding hydrogens is 385 g/mol. The van der Waals surface area contributed by atoms with Gasteiger partial charge in [0.05, 0.1) is 22.6 Å². The highest BCUT2D eigenvalue weighted by molar-refractivity contribution is 5.95. The molecule has 3 aliphatic carbocycles. The van der Waals surface area contributed by atoms with Crippen LogP contribution in [0.1, 0.15) is 59.8 Å². The Bertz CT molecular complexity index is 1050. The van der Waals surface area contributed by atoms with Gasteiger partial charge >= 0.3 is 6.09 Å². The maximum absolute atomic E-state index is 13.1. The third kappa shape index (κ3) is 3.04. The molecule has 6 rings (SSSR count). The summed E-state index contributed by atoms with van der Waals surface area (Å²) in [5, 5.41) is 3.09. The molecule has 154 valence electrons. The molecule has 2 aromatic rings. The monoisotopic (exact) mass is 407 g/mol. The second kappa shape index (κ2) is 6.27. The third-order valence-corrected chi connectivity index (χ3v) is 6.60. The highest BCUT2D eigenvalue weighted by Crippen LogP contribution is 2.55. The predicted molar refractivity (Wildman–Crippen MR) is 107 cm³/mol. The van der Waals surface area contributed by atoms with Crippen molar-refractivity contribution < 1.29 is 18.7 Å². The van der Waals surface area contributed by atoms with Gasteiger partial charge in [-0.2, -0.15) is 0 Å². The summed E-state index contributed by atoms with van der Waals surface area (Å²) in [6, 6.07) is 9.40. The van der Waals surface area contributed by atoms with Crippen molar-refractivity contribution in [2.45, 2.75) is 49.7 Å². The molecule has 3 fully saturated rings. The zero-order chi connectivity index (χ0) is 20.5. The van der Waals surface area contributed by atoms with E-state index in [1.165, 1.54) is 24.3 Å². The number of nitrogens with zero attached hydrogens (tertiary/aromatic N) is 2. The van der Waals surface area contributed by atoms with E-state index in [1.807, 2.05) is 12.1 Å². The number of aromatic nitrogens is 1. The molecule has 3 saturated carbocycles. The molecule has 1 aromatic carbocycles. The van der Waals surface area contributed by atoms with Gasteiger partial charge in [-0.25, -0.2) is 9.18 Å². The van der Waals surface area contributed by atoms with E-state index in [0.717, 1.165) is 49.2 Å². The van der Waals surface area contributed by atoms with E-state index in [1.54, 1.807) is 4.90 Å². The SMILES string of the molecule is O=C(NC1(c2ccc3c(n2)C2C[C@@H]2CN3C(=O)OC2CC2)CC1)c1ccc(F)cc1. The zero-order valence-electron chi connectivity index (χ0n) is 16.4. The number of carbonyl (C=O) groups excluding carboxylic acids is 2. The van der Waals surface area contributed by atoms with Gasteiger partial charge in [0.15, 0.2) is 0 Å². The average Bonchev–Trinajstić information content (AvgIpc) is 3.58. The van der Waals surface area contributed by atoms with Crippen LogP contribution in [-0.4, -0.2) is 29.6 Å². The Morgan fingerprint density at radius 2 is 1.90 bits per heavy atom. The lowest BCUT2D eigenvalue weighted by Gasteiger charge is -2.29. The van der Waals surface area contributed by atoms with Crippen molar-refractivity contribution in [3.63, 3.8) is 0 Å². The number of anilines is 1. The Morgan fingerprint density at radius 3 is 2.60 bits per heavy atom. The minimum atomic E-state index is -0.484. The first-order valence-corrected chi connectivity index (χ1v) is 10.6. The maximum atomic E-state index is 13.1. The standard InChI is InChI=1S/C23H22FN3O3/c24-15-3-1-13(2-4-15)21(28)26-23(9-10-23)19-8-7-18-20(25-19)17-11-14(17)12-27(18)22(29)30-16-5-6-16/h1-4,7-8,14,16-17H,5-6,9-12H2,(H,26,28)/t14-,17?/m1/s1. The average molecular weight is 407 g/mol. The molecule has 0 spiro atoms. The Morgan fingerprint density at radius 1 is 1.13 bits per heavy atom. The molecule has 2 amide bonds. The summed E-state index contributed by atoms with van der Waals surface area (Å²) in [7, 11) is 0. The minimum Gasteiger partial charge on any atom is -0.446 e. The second-order valence-electron chi connectivity index (χ2n) is 8.94. The van der Waals surface area contributed by atoms with E-state index in [0.29, 0.717) is 23.9 Å². The molecule has 2 atom stereocenters. The smallest absolute Gasteiger partial charge is 0.414 e.